The molecule has 21 heavy (non-hydrogen) atoms. The third kappa shape index (κ3) is 3.99. The highest BCUT2D eigenvalue weighted by Gasteiger charge is 2.01. The SMILES string of the molecule is CCOc1ccc(/C=N/Nc2ccc(C)cc2C)c(O)c1. The van der Waals surface area contributed by atoms with Crippen LogP contribution in [-0.2, 0) is 0 Å². The number of nitrogens with one attached hydrogen (secondary N) is 1. The van der Waals surface area contributed by atoms with E-state index in [1.165, 1.54) is 5.56 Å². The van der Waals surface area contributed by atoms with Gasteiger partial charge in [-0.1, -0.05) is 17.7 Å². The van der Waals surface area contributed by atoms with Gasteiger partial charge in [0, 0.05) is 11.6 Å². The fourth-order valence-electron chi connectivity index (χ4n) is 2.00. The zero-order chi connectivity index (χ0) is 15.2. The normalized spacial score (nSPS) is 10.8. The van der Waals surface area contributed by atoms with Gasteiger partial charge in [0.05, 0.1) is 18.5 Å². The van der Waals surface area contributed by atoms with Gasteiger partial charge in [0.1, 0.15) is 11.5 Å². The van der Waals surface area contributed by atoms with Crippen LogP contribution in [0.15, 0.2) is 41.5 Å². The number of aryl methyl sites for hydroxylation is 2. The molecule has 2 aromatic rings. The van der Waals surface area contributed by atoms with Gasteiger partial charge in [-0.25, -0.2) is 0 Å². The highest BCUT2D eigenvalue weighted by molar-refractivity contribution is 5.84. The van der Waals surface area contributed by atoms with Crippen LogP contribution in [-0.4, -0.2) is 17.9 Å². The van der Waals surface area contributed by atoms with Crippen molar-refractivity contribution in [1.29, 1.82) is 0 Å². The molecule has 0 saturated heterocycles. The molecular weight excluding hydrogens is 264 g/mol. The second-order valence-corrected chi connectivity index (χ2v) is 4.84. The minimum atomic E-state index is 0.145. The average Bonchev–Trinajstić information content (AvgIpc) is 2.44. The van der Waals surface area contributed by atoms with E-state index in [2.05, 4.69) is 23.5 Å². The monoisotopic (exact) mass is 284 g/mol. The van der Waals surface area contributed by atoms with Crippen molar-refractivity contribution >= 4 is 11.9 Å². The van der Waals surface area contributed by atoms with Crippen LogP contribution in [0, 0.1) is 13.8 Å². The Morgan fingerprint density at radius 3 is 2.67 bits per heavy atom. The van der Waals surface area contributed by atoms with Gasteiger partial charge >= 0.3 is 0 Å². The summed E-state index contributed by atoms with van der Waals surface area (Å²) in [7, 11) is 0. The smallest absolute Gasteiger partial charge is 0.128 e. The molecule has 2 aromatic carbocycles. The molecular formula is C17H20N2O2. The molecule has 2 N–H and O–H groups in total. The Morgan fingerprint density at radius 2 is 2.00 bits per heavy atom. The Balaban J connectivity index is 2.07. The van der Waals surface area contributed by atoms with E-state index in [4.69, 9.17) is 4.74 Å². The number of nitrogens with zero attached hydrogens (tertiary/aromatic N) is 1. The molecule has 0 aliphatic rings. The summed E-state index contributed by atoms with van der Waals surface area (Å²) in [6, 6.07) is 11.3. The zero-order valence-electron chi connectivity index (χ0n) is 12.6. The highest BCUT2D eigenvalue weighted by Crippen LogP contribution is 2.22. The van der Waals surface area contributed by atoms with Gasteiger partial charge in [0.15, 0.2) is 0 Å². The maximum atomic E-state index is 9.91. The molecule has 0 heterocycles. The third-order valence-electron chi connectivity index (χ3n) is 3.08. The Morgan fingerprint density at radius 1 is 1.19 bits per heavy atom. The molecule has 0 saturated carbocycles. The van der Waals surface area contributed by atoms with E-state index in [0.29, 0.717) is 17.9 Å². The topological polar surface area (TPSA) is 53.8 Å². The van der Waals surface area contributed by atoms with Gasteiger partial charge in [-0.3, -0.25) is 5.43 Å². The molecule has 0 aliphatic heterocycles. The third-order valence-corrected chi connectivity index (χ3v) is 3.08. The molecule has 110 valence electrons. The lowest BCUT2D eigenvalue weighted by Crippen LogP contribution is -1.95. The average molecular weight is 284 g/mol. The number of hydrazone groups is 1. The molecule has 0 aliphatic carbocycles. The molecule has 0 spiro atoms. The maximum Gasteiger partial charge on any atom is 0.128 e. The van der Waals surface area contributed by atoms with Crippen LogP contribution in [0.25, 0.3) is 0 Å². The van der Waals surface area contributed by atoms with E-state index < -0.39 is 0 Å². The minimum Gasteiger partial charge on any atom is -0.507 e. The van der Waals surface area contributed by atoms with Gasteiger partial charge in [0.2, 0.25) is 0 Å². The molecule has 0 radical (unpaired) electrons. The lowest BCUT2D eigenvalue weighted by molar-refractivity contribution is 0.337. The molecule has 0 unspecified atom stereocenters. The van der Waals surface area contributed by atoms with Crippen molar-refractivity contribution < 1.29 is 9.84 Å². The largest absolute Gasteiger partial charge is 0.507 e. The van der Waals surface area contributed by atoms with E-state index in [9.17, 15) is 5.11 Å². The first-order valence-corrected chi connectivity index (χ1v) is 6.92. The molecule has 0 amide bonds. The first-order valence-electron chi connectivity index (χ1n) is 6.92. The van der Waals surface area contributed by atoms with Crippen molar-refractivity contribution in [1.82, 2.24) is 0 Å². The molecule has 2 rings (SSSR count). The summed E-state index contributed by atoms with van der Waals surface area (Å²) < 4.78 is 5.32. The van der Waals surface area contributed by atoms with Gasteiger partial charge in [-0.05, 0) is 44.5 Å². The van der Waals surface area contributed by atoms with Crippen LogP contribution in [0.2, 0.25) is 0 Å². The first-order chi connectivity index (χ1) is 10.1. The van der Waals surface area contributed by atoms with E-state index in [-0.39, 0.29) is 5.75 Å². The zero-order valence-corrected chi connectivity index (χ0v) is 12.6. The number of benzene rings is 2. The van der Waals surface area contributed by atoms with Crippen molar-refractivity contribution in [2.24, 2.45) is 5.10 Å². The van der Waals surface area contributed by atoms with E-state index in [1.54, 1.807) is 18.3 Å². The summed E-state index contributed by atoms with van der Waals surface area (Å²) >= 11 is 0. The summed E-state index contributed by atoms with van der Waals surface area (Å²) in [6.45, 7) is 6.55. The summed E-state index contributed by atoms with van der Waals surface area (Å²) in [4.78, 5) is 0. The molecule has 0 bridgehead atoms. The summed E-state index contributed by atoms with van der Waals surface area (Å²) in [6.07, 6.45) is 1.59. The number of phenolic OH excluding ortho intramolecular Hbond substituents is 1. The summed E-state index contributed by atoms with van der Waals surface area (Å²) in [5.41, 5.74) is 6.91. The van der Waals surface area contributed by atoms with Crippen molar-refractivity contribution in [2.75, 3.05) is 12.0 Å². The molecule has 4 heteroatoms. The Kier molecular flexibility index (Phi) is 4.82. The number of rotatable bonds is 5. The van der Waals surface area contributed by atoms with Gasteiger partial charge in [0.25, 0.3) is 0 Å². The number of ether oxygens (including phenoxy) is 1. The molecule has 0 atom stereocenters. The molecule has 4 nitrogen and oxygen atoms in total. The second-order valence-electron chi connectivity index (χ2n) is 4.84. The van der Waals surface area contributed by atoms with Gasteiger partial charge < -0.3 is 9.84 Å². The van der Waals surface area contributed by atoms with Crippen LogP contribution in [0.4, 0.5) is 5.69 Å². The molecule has 0 aromatic heterocycles. The Bertz CT molecular complexity index is 651. The van der Waals surface area contributed by atoms with E-state index >= 15 is 0 Å². The van der Waals surface area contributed by atoms with Crippen molar-refractivity contribution in [3.63, 3.8) is 0 Å². The Labute approximate surface area is 125 Å². The van der Waals surface area contributed by atoms with E-state index in [1.807, 2.05) is 32.0 Å². The predicted octanol–water partition coefficient (Wildman–Crippen LogP) is 3.85. The Hall–Kier alpha value is -2.49. The maximum absolute atomic E-state index is 9.91. The number of anilines is 1. The predicted molar refractivity (Wildman–Crippen MR) is 86.4 cm³/mol. The number of phenols is 1. The summed E-state index contributed by atoms with van der Waals surface area (Å²) in [5.74, 6) is 0.793. The number of aromatic hydroxyl groups is 1. The number of hydrogen-bond donors (Lipinski definition) is 2. The van der Waals surface area contributed by atoms with E-state index in [0.717, 1.165) is 11.3 Å². The standard InChI is InChI=1S/C17H20N2O2/c1-4-21-15-7-6-14(17(20)10-15)11-18-19-16-8-5-12(2)9-13(16)3/h5-11,19-20H,4H2,1-3H3/b18-11+. The highest BCUT2D eigenvalue weighted by atomic mass is 16.5. The second kappa shape index (κ2) is 6.79. The lowest BCUT2D eigenvalue weighted by atomic mass is 10.1. The van der Waals surface area contributed by atoms with Crippen LogP contribution in [0.5, 0.6) is 11.5 Å². The first kappa shape index (κ1) is 14.9. The fraction of sp³-hybridized carbons (Fsp3) is 0.235. The van der Waals surface area contributed by atoms with Gasteiger partial charge in [-0.15, -0.1) is 0 Å². The van der Waals surface area contributed by atoms with Crippen LogP contribution >= 0.6 is 0 Å². The van der Waals surface area contributed by atoms with Gasteiger partial charge in [-0.2, -0.15) is 5.10 Å². The lowest BCUT2D eigenvalue weighted by Gasteiger charge is -2.06. The summed E-state index contributed by atoms with van der Waals surface area (Å²) in [5, 5.41) is 14.1. The van der Waals surface area contributed by atoms with Crippen LogP contribution < -0.4 is 10.2 Å². The fourth-order valence-corrected chi connectivity index (χ4v) is 2.00. The minimum absolute atomic E-state index is 0.145. The van der Waals surface area contributed by atoms with Crippen molar-refractivity contribution in [3.05, 3.63) is 53.1 Å². The molecule has 0 fully saturated rings. The van der Waals surface area contributed by atoms with Crippen molar-refractivity contribution in [2.45, 2.75) is 20.8 Å². The quantitative estimate of drug-likeness (QED) is 0.647. The van der Waals surface area contributed by atoms with Crippen molar-refractivity contribution in [3.8, 4) is 11.5 Å². The van der Waals surface area contributed by atoms with Crippen LogP contribution in [0.1, 0.15) is 23.6 Å². The van der Waals surface area contributed by atoms with Crippen LogP contribution in [0.3, 0.4) is 0 Å². The number of hydrogen-bond acceptors (Lipinski definition) is 4.